The highest BCUT2D eigenvalue weighted by Crippen LogP contribution is 2.53. The lowest BCUT2D eigenvalue weighted by Crippen LogP contribution is -1.96. The van der Waals surface area contributed by atoms with Gasteiger partial charge in [0, 0.05) is 11.8 Å². The highest BCUT2D eigenvalue weighted by atomic mass is 14.7. The molecule has 0 spiro atoms. The third kappa shape index (κ3) is 4.49. The fourth-order valence-electron chi connectivity index (χ4n) is 9.41. The maximum atomic E-state index is 9.85. The number of nitrogens with zero attached hydrogens (tertiary/aromatic N) is 3. The van der Waals surface area contributed by atoms with Crippen molar-refractivity contribution in [3.05, 3.63) is 161 Å². The van der Waals surface area contributed by atoms with Gasteiger partial charge in [-0.3, -0.25) is 4.98 Å². The van der Waals surface area contributed by atoms with Crippen LogP contribution in [0.2, 0.25) is 0 Å². The van der Waals surface area contributed by atoms with Crippen LogP contribution in [0.3, 0.4) is 0 Å². The van der Waals surface area contributed by atoms with E-state index in [0.717, 1.165) is 33.5 Å². The molecule has 9 aromatic rings. The first-order valence-corrected chi connectivity index (χ1v) is 18.3. The third-order valence-corrected chi connectivity index (χ3v) is 11.5. The van der Waals surface area contributed by atoms with Gasteiger partial charge in [-0.15, -0.1) is 0 Å². The Morgan fingerprint density at radius 3 is 1.48 bits per heavy atom. The maximum absolute atomic E-state index is 9.85. The van der Waals surface area contributed by atoms with Crippen molar-refractivity contribution in [1.29, 1.82) is 10.5 Å². The fourth-order valence-corrected chi connectivity index (χ4v) is 9.41. The smallest absolute Gasteiger partial charge is 0.0991 e. The molecule has 1 aromatic heterocycles. The largest absolute Gasteiger partial charge is 0.256 e. The molecule has 0 saturated carbocycles. The lowest BCUT2D eigenvalue weighted by atomic mass is 9.83. The van der Waals surface area contributed by atoms with Gasteiger partial charge in [0.05, 0.1) is 29.0 Å². The van der Waals surface area contributed by atoms with Crippen LogP contribution in [0, 0.1) is 50.4 Å². The number of rotatable bonds is 3. The van der Waals surface area contributed by atoms with Gasteiger partial charge in [-0.05, 0) is 198 Å². The summed E-state index contributed by atoms with van der Waals surface area (Å²) in [4.78, 5) is 4.72. The zero-order valence-electron chi connectivity index (χ0n) is 30.5. The molecule has 0 fully saturated rings. The fraction of sp³-hybridized carbons (Fsp3) is 0.0784. The van der Waals surface area contributed by atoms with Gasteiger partial charge in [-0.2, -0.15) is 10.5 Å². The minimum Gasteiger partial charge on any atom is -0.256 e. The van der Waals surface area contributed by atoms with Crippen LogP contribution in [0.15, 0.2) is 128 Å². The number of hydrogen-bond donors (Lipinski definition) is 0. The van der Waals surface area contributed by atoms with Crippen molar-refractivity contribution < 1.29 is 0 Å². The van der Waals surface area contributed by atoms with Gasteiger partial charge < -0.3 is 0 Å². The molecule has 1 aliphatic rings. The summed E-state index contributed by atoms with van der Waals surface area (Å²) in [6.45, 7) is 8.48. The van der Waals surface area contributed by atoms with E-state index >= 15 is 0 Å². The molecule has 54 heavy (non-hydrogen) atoms. The Hall–Kier alpha value is -7.07. The number of nitriles is 2. The Morgan fingerprint density at radius 1 is 0.389 bits per heavy atom. The van der Waals surface area contributed by atoms with Crippen LogP contribution >= 0.6 is 0 Å². The predicted octanol–water partition coefficient (Wildman–Crippen LogP) is 13.3. The first-order chi connectivity index (χ1) is 26.3. The van der Waals surface area contributed by atoms with Crippen molar-refractivity contribution in [2.45, 2.75) is 27.7 Å². The van der Waals surface area contributed by atoms with Crippen LogP contribution in [0.1, 0.15) is 33.4 Å². The van der Waals surface area contributed by atoms with Crippen LogP contribution in [0.5, 0.6) is 0 Å². The normalized spacial score (nSPS) is 11.7. The molecule has 8 aromatic carbocycles. The molecule has 0 radical (unpaired) electrons. The topological polar surface area (TPSA) is 60.5 Å². The van der Waals surface area contributed by atoms with E-state index in [1.54, 1.807) is 0 Å². The standard InChI is InChI=1S/C51H33N3/c1-28-18-32(26-52)19-29(2)49(28)46-25-44-40(34-10-5-6-11-35(34)46)24-47(50-30(3)20-33(27-53)21-31(50)4)45-23-42-39-16-15-36(48-14-7-8-17-54-48)37-12-9-13-38(51(37)39)41(42)22-43(44)45/h5-25H,1-4H3. The number of hydrogen-bond acceptors (Lipinski definition) is 3. The molecule has 252 valence electrons. The average molecular weight is 688 g/mol. The maximum Gasteiger partial charge on any atom is 0.0991 e. The molecule has 0 saturated heterocycles. The number of aryl methyl sites for hydroxylation is 4. The van der Waals surface area contributed by atoms with Gasteiger partial charge in [-0.25, -0.2) is 0 Å². The second-order valence-electron chi connectivity index (χ2n) is 14.7. The van der Waals surface area contributed by atoms with Crippen LogP contribution in [-0.4, -0.2) is 4.98 Å². The molecule has 0 unspecified atom stereocenters. The zero-order chi connectivity index (χ0) is 36.8. The minimum absolute atomic E-state index is 0.675. The van der Waals surface area contributed by atoms with Gasteiger partial charge in [0.15, 0.2) is 0 Å². The Morgan fingerprint density at radius 2 is 0.870 bits per heavy atom. The highest BCUT2D eigenvalue weighted by molar-refractivity contribution is 6.27. The summed E-state index contributed by atoms with van der Waals surface area (Å²) in [7, 11) is 0. The summed E-state index contributed by atoms with van der Waals surface area (Å²) >= 11 is 0. The molecule has 0 amide bonds. The van der Waals surface area contributed by atoms with Crippen LogP contribution in [-0.2, 0) is 0 Å². The van der Waals surface area contributed by atoms with E-state index in [1.807, 2.05) is 42.6 Å². The van der Waals surface area contributed by atoms with Crippen molar-refractivity contribution in [2.24, 2.45) is 0 Å². The predicted molar refractivity (Wildman–Crippen MR) is 223 cm³/mol. The summed E-state index contributed by atoms with van der Waals surface area (Å²) in [5, 5.41) is 29.2. The Labute approximate surface area is 314 Å². The molecule has 0 bridgehead atoms. The highest BCUT2D eigenvalue weighted by Gasteiger charge is 2.26. The van der Waals surface area contributed by atoms with Crippen molar-refractivity contribution in [3.8, 4) is 67.9 Å². The average Bonchev–Trinajstić information content (AvgIpc) is 3.50. The molecule has 0 N–H and O–H groups in total. The van der Waals surface area contributed by atoms with Crippen molar-refractivity contribution in [2.75, 3.05) is 0 Å². The van der Waals surface area contributed by atoms with Crippen molar-refractivity contribution in [1.82, 2.24) is 4.98 Å². The van der Waals surface area contributed by atoms with Gasteiger partial charge in [0.2, 0.25) is 0 Å². The van der Waals surface area contributed by atoms with Crippen LogP contribution in [0.25, 0.3) is 98.9 Å². The number of benzene rings is 8. The third-order valence-electron chi connectivity index (χ3n) is 11.5. The van der Waals surface area contributed by atoms with Crippen molar-refractivity contribution in [3.63, 3.8) is 0 Å². The minimum atomic E-state index is 0.675. The molecule has 3 heteroatoms. The summed E-state index contributed by atoms with van der Waals surface area (Å²) in [6, 6.07) is 48.3. The molecule has 0 aliphatic heterocycles. The van der Waals surface area contributed by atoms with Crippen molar-refractivity contribution >= 4 is 43.1 Å². The molecule has 1 heterocycles. The number of pyridine rings is 1. The Bertz CT molecular complexity index is 3160. The van der Waals surface area contributed by atoms with E-state index in [1.165, 1.54) is 87.6 Å². The summed E-state index contributed by atoms with van der Waals surface area (Å²) in [6.07, 6.45) is 1.86. The zero-order valence-corrected chi connectivity index (χ0v) is 30.5. The van der Waals surface area contributed by atoms with Crippen LogP contribution in [0.4, 0.5) is 0 Å². The molecule has 0 atom stereocenters. The first-order valence-electron chi connectivity index (χ1n) is 18.3. The van der Waals surface area contributed by atoms with E-state index in [-0.39, 0.29) is 0 Å². The lowest BCUT2D eigenvalue weighted by molar-refractivity contribution is 1.33. The Balaban J connectivity index is 1.36. The van der Waals surface area contributed by atoms with Gasteiger partial charge >= 0.3 is 0 Å². The van der Waals surface area contributed by atoms with Crippen LogP contribution < -0.4 is 0 Å². The molecule has 1 aliphatic carbocycles. The lowest BCUT2D eigenvalue weighted by Gasteiger charge is -2.20. The van der Waals surface area contributed by atoms with Gasteiger partial charge in [0.25, 0.3) is 0 Å². The second kappa shape index (κ2) is 11.7. The van der Waals surface area contributed by atoms with E-state index in [9.17, 15) is 10.5 Å². The number of fused-ring (bicyclic) bond motifs is 8. The molecular weight excluding hydrogens is 655 g/mol. The first kappa shape index (κ1) is 31.6. The van der Waals surface area contributed by atoms with E-state index < -0.39 is 0 Å². The van der Waals surface area contributed by atoms with E-state index in [4.69, 9.17) is 4.98 Å². The van der Waals surface area contributed by atoms with Gasteiger partial charge in [0.1, 0.15) is 0 Å². The molecule has 3 nitrogen and oxygen atoms in total. The van der Waals surface area contributed by atoms with E-state index in [2.05, 4.69) is 125 Å². The summed E-state index contributed by atoms with van der Waals surface area (Å²) < 4.78 is 0. The molecular formula is C51H33N3. The Kier molecular flexibility index (Phi) is 6.87. The number of aromatic nitrogens is 1. The van der Waals surface area contributed by atoms with Gasteiger partial charge in [-0.1, -0.05) is 60.7 Å². The van der Waals surface area contributed by atoms with E-state index in [0.29, 0.717) is 11.1 Å². The molecule has 10 rings (SSSR count). The second-order valence-corrected chi connectivity index (χ2v) is 14.7. The monoisotopic (exact) mass is 687 g/mol. The summed E-state index contributed by atoms with van der Waals surface area (Å²) in [5.41, 5.74) is 17.4. The SMILES string of the molecule is Cc1cc(C#N)cc(C)c1-c1cc2c3cc4c(cc3c(-c3c(C)cc(C#N)cc3C)cc2c2ccccc12)-c1ccc(-c2ccccn2)c2cccc-4c12. The summed E-state index contributed by atoms with van der Waals surface area (Å²) in [5.74, 6) is 0. The quantitative estimate of drug-likeness (QED) is 0.174.